The zero-order valence-corrected chi connectivity index (χ0v) is 29.5. The third-order valence-corrected chi connectivity index (χ3v) is 12.0. The van der Waals surface area contributed by atoms with Crippen LogP contribution in [0.4, 0.5) is 26.3 Å². The summed E-state index contributed by atoms with van der Waals surface area (Å²) >= 11 is 0. The first-order valence-corrected chi connectivity index (χ1v) is 17.6. The van der Waals surface area contributed by atoms with Crippen LogP contribution in [0.2, 0.25) is 18.1 Å². The fourth-order valence-electron chi connectivity index (χ4n) is 3.95. The Bertz CT molecular complexity index is 1520. The summed E-state index contributed by atoms with van der Waals surface area (Å²) < 4.78 is 83.2. The first kappa shape index (κ1) is 42.7. The van der Waals surface area contributed by atoms with Gasteiger partial charge in [-0.3, -0.25) is 19.3 Å². The van der Waals surface area contributed by atoms with E-state index in [9.17, 15) is 31.4 Å². The van der Waals surface area contributed by atoms with Gasteiger partial charge in [-0.25, -0.2) is 0 Å². The summed E-state index contributed by atoms with van der Waals surface area (Å²) in [7, 11) is -0.948. The molecule has 17 heteroatoms. The minimum absolute atomic E-state index is 0. The van der Waals surface area contributed by atoms with Crippen molar-refractivity contribution in [2.24, 2.45) is 0 Å². The SMILES string of the molecule is CC(C)(C)[Si](C)(C)OCc1cccnc1-c1ccnn1CCC(F)(F)F.CO.Cl.OCc1cccnc1-c1ccnn1CCC(F)(F)F. The number of aliphatic hydroxyl groups excluding tert-OH is 2. The summed E-state index contributed by atoms with van der Waals surface area (Å²) in [6.07, 6.45) is -4.26. The monoisotopic (exact) mass is 724 g/mol. The number of aromatic nitrogens is 6. The maximum atomic E-state index is 12.6. The van der Waals surface area contributed by atoms with Gasteiger partial charge in [-0.05, 0) is 42.4 Å². The highest BCUT2D eigenvalue weighted by Crippen LogP contribution is 2.37. The molecule has 4 aromatic heterocycles. The molecule has 4 rings (SSSR count). The molecular formula is C31H43ClF6N6O3Si. The van der Waals surface area contributed by atoms with Crippen LogP contribution in [-0.2, 0) is 30.7 Å². The van der Waals surface area contributed by atoms with Crippen molar-refractivity contribution in [3.05, 3.63) is 72.3 Å². The van der Waals surface area contributed by atoms with Crippen molar-refractivity contribution >= 4 is 20.7 Å². The lowest BCUT2D eigenvalue weighted by atomic mass is 10.1. The normalized spacial score (nSPS) is 12.0. The van der Waals surface area contributed by atoms with E-state index in [-0.39, 0.29) is 37.1 Å². The van der Waals surface area contributed by atoms with Gasteiger partial charge in [0.15, 0.2) is 8.32 Å². The molecule has 0 atom stereocenters. The molecule has 0 unspecified atom stereocenters. The minimum Gasteiger partial charge on any atom is -0.412 e. The van der Waals surface area contributed by atoms with Crippen LogP contribution in [0.15, 0.2) is 61.2 Å². The van der Waals surface area contributed by atoms with Gasteiger partial charge in [0.25, 0.3) is 0 Å². The van der Waals surface area contributed by atoms with Gasteiger partial charge in [0.1, 0.15) is 0 Å². The zero-order valence-electron chi connectivity index (χ0n) is 27.7. The topological polar surface area (TPSA) is 111 Å². The third kappa shape index (κ3) is 12.9. The van der Waals surface area contributed by atoms with E-state index in [1.54, 1.807) is 30.5 Å². The highest BCUT2D eigenvalue weighted by molar-refractivity contribution is 6.74. The molecule has 0 aliphatic carbocycles. The van der Waals surface area contributed by atoms with Gasteiger partial charge in [0, 0.05) is 43.0 Å². The summed E-state index contributed by atoms with van der Waals surface area (Å²) in [4.78, 5) is 8.48. The fourth-order valence-corrected chi connectivity index (χ4v) is 4.90. The van der Waals surface area contributed by atoms with Crippen LogP contribution in [0.3, 0.4) is 0 Å². The number of aliphatic hydroxyl groups is 2. The lowest BCUT2D eigenvalue weighted by Crippen LogP contribution is -2.40. The van der Waals surface area contributed by atoms with Crippen LogP contribution in [-0.4, -0.2) is 67.5 Å². The van der Waals surface area contributed by atoms with Gasteiger partial charge in [0.05, 0.1) is 61.9 Å². The number of alkyl halides is 6. The molecule has 0 aliphatic rings. The van der Waals surface area contributed by atoms with Gasteiger partial charge >= 0.3 is 12.4 Å². The lowest BCUT2D eigenvalue weighted by molar-refractivity contribution is -0.138. The van der Waals surface area contributed by atoms with Crippen LogP contribution >= 0.6 is 12.4 Å². The second-order valence-electron chi connectivity index (χ2n) is 11.8. The highest BCUT2D eigenvalue weighted by Gasteiger charge is 2.37. The summed E-state index contributed by atoms with van der Waals surface area (Å²) in [5, 5.41) is 24.2. The molecule has 0 radical (unpaired) electrons. The van der Waals surface area contributed by atoms with Crippen molar-refractivity contribution < 1.29 is 41.0 Å². The predicted octanol–water partition coefficient (Wildman–Crippen LogP) is 7.84. The maximum Gasteiger partial charge on any atom is 0.390 e. The average Bonchev–Trinajstić information content (AvgIpc) is 3.68. The molecule has 4 aromatic rings. The van der Waals surface area contributed by atoms with Crippen molar-refractivity contribution in [1.29, 1.82) is 0 Å². The predicted molar refractivity (Wildman–Crippen MR) is 176 cm³/mol. The number of rotatable bonds is 10. The Morgan fingerprint density at radius 2 is 1.12 bits per heavy atom. The van der Waals surface area contributed by atoms with E-state index in [4.69, 9.17) is 9.53 Å². The number of hydrogen-bond donors (Lipinski definition) is 2. The molecule has 0 saturated heterocycles. The Morgan fingerprint density at radius 1 is 0.708 bits per heavy atom. The molecule has 0 aliphatic heterocycles. The fraction of sp³-hybridized carbons (Fsp3) is 0.484. The number of hydrogen-bond acceptors (Lipinski definition) is 7. The van der Waals surface area contributed by atoms with Gasteiger partial charge in [-0.2, -0.15) is 36.5 Å². The van der Waals surface area contributed by atoms with E-state index in [2.05, 4.69) is 54.0 Å². The average molecular weight is 725 g/mol. The zero-order chi connectivity index (χ0) is 35.5. The first-order chi connectivity index (χ1) is 21.9. The maximum absolute atomic E-state index is 12.6. The summed E-state index contributed by atoms with van der Waals surface area (Å²) in [5.41, 5.74) is 3.51. The van der Waals surface area contributed by atoms with Crippen LogP contribution in [0.1, 0.15) is 44.7 Å². The van der Waals surface area contributed by atoms with Crippen molar-refractivity contribution in [2.75, 3.05) is 7.11 Å². The Hall–Kier alpha value is -3.31. The van der Waals surface area contributed by atoms with E-state index >= 15 is 0 Å². The van der Waals surface area contributed by atoms with Crippen molar-refractivity contribution in [3.8, 4) is 22.8 Å². The molecule has 4 heterocycles. The van der Waals surface area contributed by atoms with E-state index in [0.29, 0.717) is 34.9 Å². The second-order valence-corrected chi connectivity index (χ2v) is 16.6. The molecule has 0 spiro atoms. The molecule has 0 aromatic carbocycles. The molecule has 9 nitrogen and oxygen atoms in total. The van der Waals surface area contributed by atoms with E-state index in [0.717, 1.165) is 12.7 Å². The Kier molecular flexibility index (Phi) is 16.4. The van der Waals surface area contributed by atoms with Gasteiger partial charge in [0.2, 0.25) is 0 Å². The van der Waals surface area contributed by atoms with Crippen molar-refractivity contribution in [2.45, 2.75) is 90.4 Å². The Balaban J connectivity index is 0.000000465. The van der Waals surface area contributed by atoms with Gasteiger partial charge in [-0.15, -0.1) is 12.4 Å². The Morgan fingerprint density at radius 3 is 1.52 bits per heavy atom. The second kappa shape index (κ2) is 18.4. The largest absolute Gasteiger partial charge is 0.412 e. The molecule has 2 N–H and O–H groups in total. The van der Waals surface area contributed by atoms with Crippen LogP contribution in [0.5, 0.6) is 0 Å². The number of halogens is 7. The number of aryl methyl sites for hydroxylation is 2. The van der Waals surface area contributed by atoms with Crippen LogP contribution in [0, 0.1) is 0 Å². The van der Waals surface area contributed by atoms with Crippen molar-refractivity contribution in [3.63, 3.8) is 0 Å². The lowest BCUT2D eigenvalue weighted by Gasteiger charge is -2.36. The summed E-state index contributed by atoms with van der Waals surface area (Å²) in [5.74, 6) is 0. The van der Waals surface area contributed by atoms with Crippen molar-refractivity contribution in [1.82, 2.24) is 29.5 Å². The van der Waals surface area contributed by atoms with Gasteiger partial charge in [-0.1, -0.05) is 32.9 Å². The molecule has 0 saturated carbocycles. The number of pyridine rings is 2. The molecule has 0 fully saturated rings. The van der Waals surface area contributed by atoms with Crippen LogP contribution in [0.25, 0.3) is 22.8 Å². The van der Waals surface area contributed by atoms with E-state index in [1.807, 2.05) is 12.1 Å². The summed E-state index contributed by atoms with van der Waals surface area (Å²) in [6.45, 7) is 10.5. The molecule has 0 amide bonds. The molecule has 268 valence electrons. The Labute approximate surface area is 283 Å². The van der Waals surface area contributed by atoms with Crippen LogP contribution < -0.4 is 0 Å². The minimum atomic E-state index is -4.23. The quantitative estimate of drug-likeness (QED) is 0.127. The summed E-state index contributed by atoms with van der Waals surface area (Å²) in [6, 6.07) is 10.3. The highest BCUT2D eigenvalue weighted by atomic mass is 35.5. The third-order valence-electron chi connectivity index (χ3n) is 7.48. The smallest absolute Gasteiger partial charge is 0.390 e. The first-order valence-electron chi connectivity index (χ1n) is 14.7. The molecule has 48 heavy (non-hydrogen) atoms. The number of nitrogens with zero attached hydrogens (tertiary/aromatic N) is 6. The molecule has 0 bridgehead atoms. The molecular weight excluding hydrogens is 682 g/mol. The van der Waals surface area contributed by atoms with E-state index < -0.39 is 33.5 Å². The standard InChI is InChI=1S/C18H26F3N3OSi.C12H12F3N3O.CH4O.ClH/c1-17(2,3)26(4,5)25-13-14-7-6-10-22-16(14)15-8-11-23-24(15)12-9-18(19,20)21;13-12(14,15)4-7-18-10(3-6-17-18)11-9(8-19)2-1-5-16-11;1-2;/h6-8,10-11H,9,12-13H2,1-5H3;1-3,5-6,19H,4,7-8H2;2H,1H3;1H. The van der Waals surface area contributed by atoms with E-state index in [1.165, 1.54) is 28.0 Å². The van der Waals surface area contributed by atoms with Gasteiger partial charge < -0.3 is 14.6 Å².